The van der Waals surface area contributed by atoms with E-state index in [1.807, 2.05) is 13.8 Å². The smallest absolute Gasteiger partial charge is 0.237 e. The van der Waals surface area contributed by atoms with Crippen LogP contribution < -0.4 is 11.1 Å². The molecule has 0 aromatic carbocycles. The Balaban J connectivity index is 2.45. The minimum Gasteiger partial charge on any atom is -0.368 e. The maximum absolute atomic E-state index is 11.4. The highest BCUT2D eigenvalue weighted by Crippen LogP contribution is 2.13. The number of carbonyl (C=O) groups excluding carboxylic acids is 1. The van der Waals surface area contributed by atoms with E-state index in [0.717, 1.165) is 13.0 Å². The topological polar surface area (TPSA) is 72.9 Å². The Hall–Kier alpha value is -1.07. The van der Waals surface area contributed by atoms with Crippen LogP contribution in [0.15, 0.2) is 12.4 Å². The first kappa shape index (κ1) is 14.0. The second-order valence-corrected chi connectivity index (χ2v) is 4.69. The minimum atomic E-state index is -0.647. The molecule has 0 fully saturated rings. The lowest BCUT2D eigenvalue weighted by Crippen LogP contribution is -2.53. The third kappa shape index (κ3) is 4.02. The van der Waals surface area contributed by atoms with Gasteiger partial charge in [-0.1, -0.05) is 18.5 Å². The van der Waals surface area contributed by atoms with E-state index in [-0.39, 0.29) is 5.91 Å². The monoisotopic (exact) mass is 258 g/mol. The highest BCUT2D eigenvalue weighted by molar-refractivity contribution is 6.30. The van der Waals surface area contributed by atoms with Crippen LogP contribution in [-0.2, 0) is 11.3 Å². The molecule has 0 saturated carbocycles. The normalized spacial score (nSPS) is 14.5. The van der Waals surface area contributed by atoms with E-state index in [9.17, 15) is 4.79 Å². The number of hydrogen-bond acceptors (Lipinski definition) is 3. The van der Waals surface area contributed by atoms with Crippen LogP contribution >= 0.6 is 11.6 Å². The first-order valence-electron chi connectivity index (χ1n) is 5.71. The quantitative estimate of drug-likeness (QED) is 0.771. The van der Waals surface area contributed by atoms with E-state index in [1.54, 1.807) is 17.1 Å². The van der Waals surface area contributed by atoms with Crippen LogP contribution in [0.1, 0.15) is 26.7 Å². The van der Waals surface area contributed by atoms with Gasteiger partial charge in [-0.25, -0.2) is 0 Å². The maximum Gasteiger partial charge on any atom is 0.237 e. The lowest BCUT2D eigenvalue weighted by atomic mass is 9.95. The van der Waals surface area contributed by atoms with Gasteiger partial charge in [-0.3, -0.25) is 9.48 Å². The molecule has 1 heterocycles. The molecule has 1 unspecified atom stereocenters. The number of amides is 1. The maximum atomic E-state index is 11.4. The summed E-state index contributed by atoms with van der Waals surface area (Å²) >= 11 is 5.76. The molecule has 0 aliphatic heterocycles. The first-order valence-corrected chi connectivity index (χ1v) is 6.08. The number of hydrogen-bond donors (Lipinski definition) is 2. The molecule has 0 aliphatic carbocycles. The van der Waals surface area contributed by atoms with Gasteiger partial charge >= 0.3 is 0 Å². The molecule has 0 radical (unpaired) electrons. The molecule has 1 amide bonds. The molecule has 5 nitrogen and oxygen atoms in total. The molecule has 0 aliphatic rings. The van der Waals surface area contributed by atoms with Crippen molar-refractivity contribution in [1.82, 2.24) is 15.1 Å². The zero-order valence-corrected chi connectivity index (χ0v) is 11.0. The number of aryl methyl sites for hydroxylation is 1. The predicted octanol–water partition coefficient (Wildman–Crippen LogP) is 1.17. The number of nitrogens with zero attached hydrogens (tertiary/aromatic N) is 2. The van der Waals surface area contributed by atoms with Crippen LogP contribution in [0.2, 0.25) is 5.02 Å². The van der Waals surface area contributed by atoms with Crippen molar-refractivity contribution in [2.24, 2.45) is 5.73 Å². The van der Waals surface area contributed by atoms with Crippen molar-refractivity contribution in [3.8, 4) is 0 Å². The van der Waals surface area contributed by atoms with Crippen molar-refractivity contribution < 1.29 is 4.79 Å². The number of carbonyl (C=O) groups is 1. The van der Waals surface area contributed by atoms with Crippen LogP contribution in [0, 0.1) is 0 Å². The number of primary amides is 1. The second-order valence-electron chi connectivity index (χ2n) is 4.25. The number of nitrogens with two attached hydrogens (primary N) is 1. The summed E-state index contributed by atoms with van der Waals surface area (Å²) < 4.78 is 1.76. The van der Waals surface area contributed by atoms with Gasteiger partial charge in [0, 0.05) is 12.7 Å². The van der Waals surface area contributed by atoms with E-state index in [4.69, 9.17) is 17.3 Å². The summed E-state index contributed by atoms with van der Waals surface area (Å²) in [5.41, 5.74) is 4.75. The van der Waals surface area contributed by atoms with Gasteiger partial charge in [0.05, 0.1) is 16.8 Å². The Labute approximate surface area is 106 Å². The average Bonchev–Trinajstić information content (AvgIpc) is 2.64. The Morgan fingerprint density at radius 3 is 2.88 bits per heavy atom. The molecule has 6 heteroatoms. The van der Waals surface area contributed by atoms with Gasteiger partial charge in [-0.2, -0.15) is 5.10 Å². The molecular formula is C11H19ClN4O. The van der Waals surface area contributed by atoms with Crippen molar-refractivity contribution in [2.75, 3.05) is 6.54 Å². The fourth-order valence-corrected chi connectivity index (χ4v) is 1.90. The SMILES string of the molecule is CCNC(C)(CCCn1cc(Cl)cn1)C(N)=O. The fraction of sp³-hybridized carbons (Fsp3) is 0.636. The highest BCUT2D eigenvalue weighted by atomic mass is 35.5. The summed E-state index contributed by atoms with van der Waals surface area (Å²) in [5.74, 6) is -0.321. The minimum absolute atomic E-state index is 0.321. The average molecular weight is 259 g/mol. The van der Waals surface area contributed by atoms with Gasteiger partial charge in [0.25, 0.3) is 0 Å². The summed E-state index contributed by atoms with van der Waals surface area (Å²) in [4.78, 5) is 11.4. The summed E-state index contributed by atoms with van der Waals surface area (Å²) in [6.07, 6.45) is 4.84. The van der Waals surface area contributed by atoms with E-state index in [0.29, 0.717) is 18.0 Å². The van der Waals surface area contributed by atoms with Gasteiger partial charge < -0.3 is 11.1 Å². The number of aromatic nitrogens is 2. The van der Waals surface area contributed by atoms with Crippen molar-refractivity contribution >= 4 is 17.5 Å². The summed E-state index contributed by atoms with van der Waals surface area (Å²) in [6, 6.07) is 0. The summed E-state index contributed by atoms with van der Waals surface area (Å²) in [7, 11) is 0. The predicted molar refractivity (Wildman–Crippen MR) is 67.7 cm³/mol. The van der Waals surface area contributed by atoms with Crippen molar-refractivity contribution in [1.29, 1.82) is 0 Å². The molecular weight excluding hydrogens is 240 g/mol. The van der Waals surface area contributed by atoms with Gasteiger partial charge in [0.1, 0.15) is 0 Å². The largest absolute Gasteiger partial charge is 0.368 e. The van der Waals surface area contributed by atoms with Gasteiger partial charge in [0.2, 0.25) is 5.91 Å². The molecule has 96 valence electrons. The third-order valence-electron chi connectivity index (χ3n) is 2.78. The molecule has 1 aromatic rings. The number of likely N-dealkylation sites (N-methyl/N-ethyl adjacent to an activating group) is 1. The van der Waals surface area contributed by atoms with Gasteiger partial charge in [-0.15, -0.1) is 0 Å². The molecule has 0 bridgehead atoms. The van der Waals surface area contributed by atoms with Crippen molar-refractivity contribution in [2.45, 2.75) is 38.8 Å². The molecule has 17 heavy (non-hydrogen) atoms. The van der Waals surface area contributed by atoms with Crippen LogP contribution in [0.4, 0.5) is 0 Å². The Kier molecular flexibility index (Phi) is 4.96. The Morgan fingerprint density at radius 1 is 1.71 bits per heavy atom. The van der Waals surface area contributed by atoms with E-state index >= 15 is 0 Å². The first-order chi connectivity index (χ1) is 7.98. The third-order valence-corrected chi connectivity index (χ3v) is 2.97. The van der Waals surface area contributed by atoms with E-state index < -0.39 is 5.54 Å². The molecule has 1 rings (SSSR count). The van der Waals surface area contributed by atoms with Crippen LogP contribution in [0.3, 0.4) is 0 Å². The molecule has 1 atom stereocenters. The Morgan fingerprint density at radius 2 is 2.41 bits per heavy atom. The van der Waals surface area contributed by atoms with Crippen LogP contribution in [-0.4, -0.2) is 27.8 Å². The van der Waals surface area contributed by atoms with Crippen molar-refractivity contribution in [3.05, 3.63) is 17.4 Å². The van der Waals surface area contributed by atoms with Gasteiger partial charge in [0.15, 0.2) is 0 Å². The summed E-state index contributed by atoms with van der Waals surface area (Å²) in [6.45, 7) is 5.22. The van der Waals surface area contributed by atoms with Crippen LogP contribution in [0.25, 0.3) is 0 Å². The summed E-state index contributed by atoms with van der Waals surface area (Å²) in [5, 5.41) is 7.81. The highest BCUT2D eigenvalue weighted by Gasteiger charge is 2.28. The zero-order chi connectivity index (χ0) is 12.9. The fourth-order valence-electron chi connectivity index (χ4n) is 1.74. The lowest BCUT2D eigenvalue weighted by Gasteiger charge is -2.26. The Bertz CT molecular complexity index is 379. The lowest BCUT2D eigenvalue weighted by molar-refractivity contribution is -0.124. The number of halogens is 1. The second kappa shape index (κ2) is 6.02. The van der Waals surface area contributed by atoms with Crippen molar-refractivity contribution in [3.63, 3.8) is 0 Å². The number of nitrogens with one attached hydrogen (secondary N) is 1. The molecule has 0 spiro atoms. The van der Waals surface area contributed by atoms with Gasteiger partial charge in [-0.05, 0) is 26.3 Å². The van der Waals surface area contributed by atoms with E-state index in [2.05, 4.69) is 10.4 Å². The molecule has 0 saturated heterocycles. The zero-order valence-electron chi connectivity index (χ0n) is 10.2. The molecule has 3 N–H and O–H groups in total. The molecule has 1 aromatic heterocycles. The standard InChI is InChI=1S/C11H19ClN4O/c1-3-14-11(2,10(13)17)5-4-6-16-8-9(12)7-15-16/h7-8,14H,3-6H2,1-2H3,(H2,13,17). The number of rotatable bonds is 7. The van der Waals surface area contributed by atoms with Crippen LogP contribution in [0.5, 0.6) is 0 Å². The van der Waals surface area contributed by atoms with E-state index in [1.165, 1.54) is 0 Å².